The Morgan fingerprint density at radius 1 is 1.12 bits per heavy atom. The summed E-state index contributed by atoms with van der Waals surface area (Å²) in [6.07, 6.45) is 4.70. The lowest BCUT2D eigenvalue weighted by Gasteiger charge is -2.11. The second-order valence-electron chi connectivity index (χ2n) is 4.43. The highest BCUT2D eigenvalue weighted by molar-refractivity contribution is 6.01. The van der Waals surface area contributed by atoms with Crippen molar-refractivity contribution in [2.45, 2.75) is 19.3 Å². The molecule has 2 rings (SSSR count). The fourth-order valence-corrected chi connectivity index (χ4v) is 1.96. The molecule has 0 spiro atoms. The maximum atomic E-state index is 11.5. The zero-order valence-corrected chi connectivity index (χ0v) is 9.86. The molecule has 16 heavy (non-hydrogen) atoms. The van der Waals surface area contributed by atoms with Gasteiger partial charge in [-0.2, -0.15) is 0 Å². The van der Waals surface area contributed by atoms with E-state index in [0.717, 1.165) is 30.4 Å². The highest BCUT2D eigenvalue weighted by Gasteiger charge is 2.16. The monoisotopic (exact) mass is 215 g/mol. The summed E-state index contributed by atoms with van der Waals surface area (Å²) >= 11 is 0. The van der Waals surface area contributed by atoms with Crippen molar-refractivity contribution in [3.8, 4) is 0 Å². The molecule has 0 radical (unpaired) electrons. The number of ketones is 1. The van der Waals surface area contributed by atoms with E-state index in [1.54, 1.807) is 0 Å². The van der Waals surface area contributed by atoms with Crippen molar-refractivity contribution >= 4 is 17.5 Å². The van der Waals surface area contributed by atoms with E-state index in [2.05, 4.69) is 29.2 Å². The Labute approximate surface area is 96.6 Å². The third-order valence-electron chi connectivity index (χ3n) is 2.96. The van der Waals surface area contributed by atoms with Crippen LogP contribution in [0.2, 0.25) is 0 Å². The van der Waals surface area contributed by atoms with Gasteiger partial charge in [-0.25, -0.2) is 0 Å². The average molecular weight is 215 g/mol. The van der Waals surface area contributed by atoms with Gasteiger partial charge in [0.2, 0.25) is 0 Å². The Bertz CT molecular complexity index is 415. The maximum absolute atomic E-state index is 11.5. The van der Waals surface area contributed by atoms with Crippen LogP contribution in [0.15, 0.2) is 29.8 Å². The second-order valence-corrected chi connectivity index (χ2v) is 4.43. The highest BCUT2D eigenvalue weighted by atomic mass is 16.1. The molecule has 0 aromatic heterocycles. The van der Waals surface area contributed by atoms with Gasteiger partial charge in [-0.15, -0.1) is 0 Å². The van der Waals surface area contributed by atoms with Crippen molar-refractivity contribution < 1.29 is 4.79 Å². The molecule has 0 atom stereocenters. The van der Waals surface area contributed by atoms with E-state index in [1.165, 1.54) is 5.69 Å². The molecule has 2 heteroatoms. The Morgan fingerprint density at radius 2 is 1.81 bits per heavy atom. The molecule has 2 nitrogen and oxygen atoms in total. The van der Waals surface area contributed by atoms with E-state index < -0.39 is 0 Å². The summed E-state index contributed by atoms with van der Waals surface area (Å²) in [6.45, 7) is 0. The topological polar surface area (TPSA) is 20.3 Å². The van der Waals surface area contributed by atoms with Gasteiger partial charge in [0.05, 0.1) is 0 Å². The van der Waals surface area contributed by atoms with Gasteiger partial charge in [0, 0.05) is 26.2 Å². The van der Waals surface area contributed by atoms with E-state index in [-0.39, 0.29) is 0 Å². The largest absolute Gasteiger partial charge is 0.378 e. The summed E-state index contributed by atoms with van der Waals surface area (Å²) in [4.78, 5) is 13.5. The standard InChI is InChI=1S/C14H17NO/c1-15(2)13-8-6-11(7-9-13)10-12-4-3-5-14(12)16/h6-10H,3-5H2,1-2H3/b12-10-. The number of anilines is 1. The Balaban J connectivity index is 2.19. The molecular formula is C14H17NO. The highest BCUT2D eigenvalue weighted by Crippen LogP contribution is 2.23. The van der Waals surface area contributed by atoms with E-state index in [0.29, 0.717) is 5.78 Å². The van der Waals surface area contributed by atoms with Gasteiger partial charge in [-0.3, -0.25) is 4.79 Å². The molecule has 1 aromatic carbocycles. The number of benzene rings is 1. The number of hydrogen-bond donors (Lipinski definition) is 0. The fourth-order valence-electron chi connectivity index (χ4n) is 1.96. The number of Topliss-reactive ketones (excluding diaryl/α,β-unsaturated/α-hetero) is 1. The molecule has 1 aliphatic rings. The van der Waals surface area contributed by atoms with E-state index >= 15 is 0 Å². The lowest BCUT2D eigenvalue weighted by molar-refractivity contribution is -0.114. The smallest absolute Gasteiger partial charge is 0.158 e. The lowest BCUT2D eigenvalue weighted by atomic mass is 10.1. The van der Waals surface area contributed by atoms with Gasteiger partial charge in [-0.1, -0.05) is 12.1 Å². The fraction of sp³-hybridized carbons (Fsp3) is 0.357. The summed E-state index contributed by atoms with van der Waals surface area (Å²) < 4.78 is 0. The van der Waals surface area contributed by atoms with Crippen LogP contribution in [-0.2, 0) is 4.79 Å². The Morgan fingerprint density at radius 3 is 2.31 bits per heavy atom. The van der Waals surface area contributed by atoms with E-state index in [1.807, 2.05) is 20.2 Å². The van der Waals surface area contributed by atoms with Crippen LogP contribution in [0, 0.1) is 0 Å². The molecule has 1 aliphatic carbocycles. The molecule has 1 saturated carbocycles. The first-order valence-electron chi connectivity index (χ1n) is 5.68. The van der Waals surface area contributed by atoms with E-state index in [4.69, 9.17) is 0 Å². The number of carbonyl (C=O) groups is 1. The summed E-state index contributed by atoms with van der Waals surface area (Å²) in [7, 11) is 4.04. The molecule has 0 heterocycles. The van der Waals surface area contributed by atoms with Crippen LogP contribution < -0.4 is 4.90 Å². The zero-order chi connectivity index (χ0) is 11.5. The first-order chi connectivity index (χ1) is 7.66. The van der Waals surface area contributed by atoms with Gasteiger partial charge in [0.1, 0.15) is 0 Å². The molecule has 84 valence electrons. The van der Waals surface area contributed by atoms with Crippen LogP contribution in [0.25, 0.3) is 6.08 Å². The minimum absolute atomic E-state index is 0.316. The maximum Gasteiger partial charge on any atom is 0.158 e. The minimum atomic E-state index is 0.316. The van der Waals surface area contributed by atoms with Crippen LogP contribution in [0.3, 0.4) is 0 Å². The summed E-state index contributed by atoms with van der Waals surface area (Å²) in [5.41, 5.74) is 3.29. The van der Waals surface area contributed by atoms with Crippen molar-refractivity contribution in [3.63, 3.8) is 0 Å². The van der Waals surface area contributed by atoms with E-state index in [9.17, 15) is 4.79 Å². The van der Waals surface area contributed by atoms with Crippen molar-refractivity contribution in [2.75, 3.05) is 19.0 Å². The predicted molar refractivity (Wildman–Crippen MR) is 67.6 cm³/mol. The zero-order valence-electron chi connectivity index (χ0n) is 9.86. The molecular weight excluding hydrogens is 198 g/mol. The summed E-state index contributed by atoms with van der Waals surface area (Å²) in [5, 5.41) is 0. The van der Waals surface area contributed by atoms with Crippen molar-refractivity contribution in [1.29, 1.82) is 0 Å². The van der Waals surface area contributed by atoms with Crippen LogP contribution in [-0.4, -0.2) is 19.9 Å². The first-order valence-corrected chi connectivity index (χ1v) is 5.68. The van der Waals surface area contributed by atoms with Gasteiger partial charge < -0.3 is 4.90 Å². The minimum Gasteiger partial charge on any atom is -0.378 e. The number of nitrogens with zero attached hydrogens (tertiary/aromatic N) is 1. The van der Waals surface area contributed by atoms with Crippen LogP contribution >= 0.6 is 0 Å². The third kappa shape index (κ3) is 2.32. The van der Waals surface area contributed by atoms with Gasteiger partial charge in [0.25, 0.3) is 0 Å². The first kappa shape index (κ1) is 10.9. The lowest BCUT2D eigenvalue weighted by Crippen LogP contribution is -2.07. The third-order valence-corrected chi connectivity index (χ3v) is 2.96. The van der Waals surface area contributed by atoms with Crippen molar-refractivity contribution in [2.24, 2.45) is 0 Å². The van der Waals surface area contributed by atoms with Crippen molar-refractivity contribution in [1.82, 2.24) is 0 Å². The molecule has 0 saturated heterocycles. The van der Waals surface area contributed by atoms with Gasteiger partial charge in [0.15, 0.2) is 5.78 Å². The number of allylic oxidation sites excluding steroid dienone is 1. The summed E-state index contributed by atoms with van der Waals surface area (Å²) in [6, 6.07) is 8.28. The molecule has 1 fully saturated rings. The van der Waals surface area contributed by atoms with Crippen LogP contribution in [0.4, 0.5) is 5.69 Å². The normalized spacial score (nSPS) is 18.1. The Hall–Kier alpha value is -1.57. The second kappa shape index (κ2) is 4.52. The molecule has 1 aromatic rings. The van der Waals surface area contributed by atoms with Gasteiger partial charge in [-0.05, 0) is 42.2 Å². The van der Waals surface area contributed by atoms with Crippen LogP contribution in [0.1, 0.15) is 24.8 Å². The number of hydrogen-bond acceptors (Lipinski definition) is 2. The molecule has 0 N–H and O–H groups in total. The van der Waals surface area contributed by atoms with Crippen LogP contribution in [0.5, 0.6) is 0 Å². The summed E-state index contributed by atoms with van der Waals surface area (Å²) in [5.74, 6) is 0.316. The molecule has 0 unspecified atom stereocenters. The predicted octanol–water partition coefficient (Wildman–Crippen LogP) is 2.89. The SMILES string of the molecule is CN(C)c1ccc(/C=C2/CCCC2=O)cc1. The molecule has 0 amide bonds. The van der Waals surface area contributed by atoms with Crippen molar-refractivity contribution in [3.05, 3.63) is 35.4 Å². The molecule has 0 aliphatic heterocycles. The molecule has 0 bridgehead atoms. The number of carbonyl (C=O) groups excluding carboxylic acids is 1. The number of rotatable bonds is 2. The average Bonchev–Trinajstić information content (AvgIpc) is 2.65. The Kier molecular flexibility index (Phi) is 3.09. The quantitative estimate of drug-likeness (QED) is 0.707. The van der Waals surface area contributed by atoms with Gasteiger partial charge >= 0.3 is 0 Å².